The van der Waals surface area contributed by atoms with Crippen molar-refractivity contribution in [2.45, 2.75) is 71.1 Å². The molecule has 0 unspecified atom stereocenters. The van der Waals surface area contributed by atoms with Gasteiger partial charge < -0.3 is 14.9 Å². The van der Waals surface area contributed by atoms with Crippen molar-refractivity contribution in [1.29, 1.82) is 0 Å². The van der Waals surface area contributed by atoms with Gasteiger partial charge in [0.05, 0.1) is 31.2 Å². The molecule has 0 bridgehead atoms. The molecule has 234 valence electrons. The van der Waals surface area contributed by atoms with Crippen molar-refractivity contribution in [3.05, 3.63) is 101 Å². The minimum atomic E-state index is -0.229. The summed E-state index contributed by atoms with van der Waals surface area (Å²) >= 11 is 0. The van der Waals surface area contributed by atoms with Crippen LogP contribution in [0.2, 0.25) is 0 Å². The summed E-state index contributed by atoms with van der Waals surface area (Å²) in [4.78, 5) is 16.5. The molecule has 0 spiro atoms. The number of pyridine rings is 2. The van der Waals surface area contributed by atoms with Crippen LogP contribution in [0.3, 0.4) is 0 Å². The van der Waals surface area contributed by atoms with Gasteiger partial charge in [-0.1, -0.05) is 0 Å². The molecule has 1 N–H and O–H groups in total. The third-order valence-corrected chi connectivity index (χ3v) is 9.33. The third-order valence-electron chi connectivity index (χ3n) is 9.33. The van der Waals surface area contributed by atoms with Crippen molar-refractivity contribution in [1.82, 2.24) is 24.6 Å². The molecule has 4 aromatic rings. The summed E-state index contributed by atoms with van der Waals surface area (Å²) in [5, 5.41) is 13.6. The Labute approximate surface area is 264 Å². The lowest BCUT2D eigenvalue weighted by Crippen LogP contribution is -2.48. The van der Waals surface area contributed by atoms with Crippen molar-refractivity contribution in [2.24, 2.45) is 0 Å². The van der Waals surface area contributed by atoms with Crippen LogP contribution in [0, 0.1) is 19.7 Å². The Hall–Kier alpha value is -4.08. The van der Waals surface area contributed by atoms with Crippen molar-refractivity contribution in [2.75, 3.05) is 36.0 Å². The summed E-state index contributed by atoms with van der Waals surface area (Å²) in [5.41, 5.74) is 9.26. The van der Waals surface area contributed by atoms with E-state index in [1.54, 1.807) is 16.9 Å². The zero-order valence-corrected chi connectivity index (χ0v) is 26.2. The summed E-state index contributed by atoms with van der Waals surface area (Å²) in [6, 6.07) is 13.2. The van der Waals surface area contributed by atoms with Gasteiger partial charge in [-0.2, -0.15) is 5.10 Å². The molecule has 1 aromatic carbocycles. The molecule has 7 rings (SSSR count). The van der Waals surface area contributed by atoms with E-state index in [0.717, 1.165) is 86.5 Å². The van der Waals surface area contributed by atoms with E-state index >= 15 is 4.39 Å². The molecule has 1 saturated carbocycles. The molecule has 0 radical (unpaired) electrons. The Bertz CT molecular complexity index is 1680. The largest absolute Gasteiger partial charge is 0.394 e. The van der Waals surface area contributed by atoms with Crippen LogP contribution in [-0.4, -0.2) is 68.1 Å². The molecule has 1 saturated heterocycles. The number of aromatic nitrogens is 4. The van der Waals surface area contributed by atoms with E-state index in [1.807, 2.05) is 31.6 Å². The Morgan fingerprint density at radius 3 is 2.67 bits per heavy atom. The minimum absolute atomic E-state index is 0.00332. The van der Waals surface area contributed by atoms with Crippen LogP contribution in [0.15, 0.2) is 73.0 Å². The van der Waals surface area contributed by atoms with E-state index in [2.05, 4.69) is 67.2 Å². The maximum atomic E-state index is 15.7. The molecule has 8 nitrogen and oxygen atoms in total. The summed E-state index contributed by atoms with van der Waals surface area (Å²) < 4.78 is 17.3. The van der Waals surface area contributed by atoms with Gasteiger partial charge in [0.25, 0.3) is 0 Å². The molecule has 9 heteroatoms. The molecular weight excluding hydrogens is 565 g/mol. The lowest BCUT2D eigenvalue weighted by Gasteiger charge is -2.41. The van der Waals surface area contributed by atoms with Crippen LogP contribution < -0.4 is 9.80 Å². The summed E-state index contributed by atoms with van der Waals surface area (Å²) in [5.74, 6) is -0.229. The predicted octanol–water partition coefficient (Wildman–Crippen LogP) is 5.67. The van der Waals surface area contributed by atoms with Gasteiger partial charge in [-0.25, -0.2) is 4.39 Å². The van der Waals surface area contributed by atoms with E-state index in [0.29, 0.717) is 24.2 Å². The Kier molecular flexibility index (Phi) is 8.38. The number of benzene rings is 1. The summed E-state index contributed by atoms with van der Waals surface area (Å²) in [6.45, 7) is 8.12. The number of aliphatic hydroxyl groups is 1. The number of hydrogen-bond donors (Lipinski definition) is 1. The molecule has 1 atom stereocenters. The molecule has 2 fully saturated rings. The molecular formula is C36H42FN7O. The maximum Gasteiger partial charge on any atom is 0.131 e. The van der Waals surface area contributed by atoms with Crippen LogP contribution in [-0.2, 0) is 19.5 Å². The second kappa shape index (κ2) is 12.7. The number of hydrogen-bond acceptors (Lipinski definition) is 7. The molecule has 45 heavy (non-hydrogen) atoms. The summed E-state index contributed by atoms with van der Waals surface area (Å²) in [7, 11) is 0. The van der Waals surface area contributed by atoms with E-state index in [9.17, 15) is 5.11 Å². The Morgan fingerprint density at radius 1 is 1.00 bits per heavy atom. The highest BCUT2D eigenvalue weighted by molar-refractivity contribution is 5.73. The van der Waals surface area contributed by atoms with Gasteiger partial charge in [0.15, 0.2) is 0 Å². The first-order chi connectivity index (χ1) is 21.9. The average Bonchev–Trinajstić information content (AvgIpc) is 3.78. The fourth-order valence-corrected chi connectivity index (χ4v) is 6.89. The number of fused-ring (bicyclic) bond motifs is 1. The molecule has 2 aliphatic heterocycles. The summed E-state index contributed by atoms with van der Waals surface area (Å²) in [6.07, 6.45) is 15.0. The van der Waals surface area contributed by atoms with Gasteiger partial charge >= 0.3 is 0 Å². The van der Waals surface area contributed by atoms with E-state index < -0.39 is 0 Å². The number of rotatable bonds is 10. The van der Waals surface area contributed by atoms with Gasteiger partial charge in [0.2, 0.25) is 0 Å². The van der Waals surface area contributed by atoms with Crippen molar-refractivity contribution < 1.29 is 9.50 Å². The minimum Gasteiger partial charge on any atom is -0.394 e. The number of aryl methyl sites for hydroxylation is 2. The smallest absolute Gasteiger partial charge is 0.131 e. The quantitative estimate of drug-likeness (QED) is 0.249. The van der Waals surface area contributed by atoms with Crippen LogP contribution in [0.5, 0.6) is 0 Å². The van der Waals surface area contributed by atoms with Gasteiger partial charge in [0.1, 0.15) is 5.82 Å². The number of nitrogens with zero attached hydrogens (tertiary/aromatic N) is 7. The molecule has 3 aliphatic rings. The monoisotopic (exact) mass is 607 g/mol. The van der Waals surface area contributed by atoms with Crippen LogP contribution in [0.4, 0.5) is 15.8 Å². The Morgan fingerprint density at radius 2 is 1.89 bits per heavy atom. The topological polar surface area (TPSA) is 73.5 Å². The van der Waals surface area contributed by atoms with Gasteiger partial charge in [-0.05, 0) is 99.0 Å². The average molecular weight is 608 g/mol. The van der Waals surface area contributed by atoms with Crippen LogP contribution in [0.1, 0.15) is 48.2 Å². The Balaban J connectivity index is 1.17. The molecule has 5 heterocycles. The number of halogens is 1. The second-order valence-corrected chi connectivity index (χ2v) is 12.9. The first-order valence-corrected chi connectivity index (χ1v) is 16.2. The van der Waals surface area contributed by atoms with Crippen molar-refractivity contribution >= 4 is 11.4 Å². The molecule has 3 aromatic heterocycles. The molecule has 1 aliphatic carbocycles. The standard InChI is InChI=1S/C36H42FN7O/c1-25-5-6-32(19-39-25)41-11-3-4-33(24-41)42(20-27-9-10-38-26(2)14-27)21-28-15-29-16-35(37)34(30-18-40-43(23-30)12-13-45)17-36(29)44(22-28)31-7-8-31/h5-6,9-10,14,16-19,22-23,31,33,45H,3-4,7-8,11-13,15,20-21,24H2,1-2H3/t33-/m0/s1. The van der Waals surface area contributed by atoms with Crippen LogP contribution >= 0.6 is 0 Å². The number of aliphatic hydroxyl groups excluding tert-OH is 1. The zero-order valence-electron chi connectivity index (χ0n) is 26.2. The van der Waals surface area contributed by atoms with Crippen molar-refractivity contribution in [3.63, 3.8) is 0 Å². The third kappa shape index (κ3) is 6.65. The second-order valence-electron chi connectivity index (χ2n) is 12.9. The number of anilines is 2. The lowest BCUT2D eigenvalue weighted by atomic mass is 9.94. The van der Waals surface area contributed by atoms with Gasteiger partial charge in [0, 0.05) is 85.1 Å². The van der Waals surface area contributed by atoms with E-state index in [1.165, 1.54) is 16.8 Å². The van der Waals surface area contributed by atoms with E-state index in [4.69, 9.17) is 0 Å². The van der Waals surface area contributed by atoms with E-state index in [-0.39, 0.29) is 12.4 Å². The highest BCUT2D eigenvalue weighted by atomic mass is 19.1. The number of piperidine rings is 1. The SMILES string of the molecule is Cc1ccc(N2CCC[C@H](N(CC3=CN(C4CC4)c4cc(-c5cnn(CCO)c5)c(F)cc4C3)Cc3ccnc(C)c3)C2)cn1. The van der Waals surface area contributed by atoms with Crippen molar-refractivity contribution in [3.8, 4) is 11.1 Å². The predicted molar refractivity (Wildman–Crippen MR) is 176 cm³/mol. The first-order valence-electron chi connectivity index (χ1n) is 16.2. The highest BCUT2D eigenvalue weighted by Crippen LogP contribution is 2.41. The highest BCUT2D eigenvalue weighted by Gasteiger charge is 2.34. The lowest BCUT2D eigenvalue weighted by molar-refractivity contribution is 0.180. The zero-order chi connectivity index (χ0) is 30.9. The van der Waals surface area contributed by atoms with Crippen LogP contribution in [0.25, 0.3) is 11.1 Å². The fourth-order valence-electron chi connectivity index (χ4n) is 6.89. The first kappa shape index (κ1) is 29.6. The fraction of sp³-hybridized carbons (Fsp3) is 0.417. The van der Waals surface area contributed by atoms with Gasteiger partial charge in [-0.3, -0.25) is 19.5 Å². The normalized spacial score (nSPS) is 18.3. The molecule has 0 amide bonds. The maximum absolute atomic E-state index is 15.7. The van der Waals surface area contributed by atoms with Gasteiger partial charge in [-0.15, -0.1) is 0 Å².